The van der Waals surface area contributed by atoms with Crippen LogP contribution < -0.4 is 0 Å². The molecule has 0 aromatic rings. The Bertz CT molecular complexity index is 627. The molecule has 3 heteroatoms. The maximum atomic E-state index is 11.6. The van der Waals surface area contributed by atoms with Gasteiger partial charge in [0.05, 0.1) is 13.2 Å². The van der Waals surface area contributed by atoms with Gasteiger partial charge in [-0.2, -0.15) is 0 Å². The zero-order valence-electron chi connectivity index (χ0n) is 25.1. The van der Waals surface area contributed by atoms with Crippen molar-refractivity contribution in [3.05, 3.63) is 60.8 Å². The fraction of sp³-hybridized carbons (Fsp3) is 0.686. The topological polar surface area (TPSA) is 35.5 Å². The molecule has 0 atom stereocenters. The van der Waals surface area contributed by atoms with E-state index in [0.717, 1.165) is 51.4 Å². The van der Waals surface area contributed by atoms with Crippen LogP contribution in [0, 0.1) is 0 Å². The number of hydrogen-bond acceptors (Lipinski definition) is 3. The van der Waals surface area contributed by atoms with Gasteiger partial charge in [-0.1, -0.05) is 126 Å². The Morgan fingerprint density at radius 3 is 1.29 bits per heavy atom. The minimum atomic E-state index is -0.516. The number of ether oxygens (including phenoxy) is 2. The fourth-order valence-corrected chi connectivity index (χ4v) is 3.91. The number of rotatable bonds is 27. The predicted molar refractivity (Wildman–Crippen MR) is 167 cm³/mol. The van der Waals surface area contributed by atoms with E-state index in [9.17, 15) is 4.79 Å². The molecule has 3 nitrogen and oxygen atoms in total. The molecule has 0 aromatic heterocycles. The molecule has 0 heterocycles. The molecule has 0 aliphatic rings. The Hall–Kier alpha value is -2.03. The molecule has 0 fully saturated rings. The van der Waals surface area contributed by atoms with Gasteiger partial charge in [0.25, 0.3) is 0 Å². The molecule has 0 spiro atoms. The molecule has 0 aliphatic heterocycles. The Morgan fingerprint density at radius 2 is 0.763 bits per heavy atom. The van der Waals surface area contributed by atoms with E-state index >= 15 is 0 Å². The smallest absolute Gasteiger partial charge is 0.434 e. The lowest BCUT2D eigenvalue weighted by Gasteiger charge is -2.06. The molecule has 0 bridgehead atoms. The van der Waals surface area contributed by atoms with Gasteiger partial charge in [-0.15, -0.1) is 0 Å². The first-order valence-electron chi connectivity index (χ1n) is 15.9. The Balaban J connectivity index is 3.37. The van der Waals surface area contributed by atoms with Crippen molar-refractivity contribution >= 4 is 6.16 Å². The fourth-order valence-electron chi connectivity index (χ4n) is 3.91. The molecule has 0 radical (unpaired) electrons. The second-order valence-electron chi connectivity index (χ2n) is 10.1. The highest BCUT2D eigenvalue weighted by Gasteiger charge is 2.02. The van der Waals surface area contributed by atoms with Crippen molar-refractivity contribution in [2.45, 2.75) is 142 Å². The SMILES string of the molecule is CCCC/C=C\CCCCCCCCOC(=O)OCCCC/C=C\C/C=C\C/C=C\C/C=C\CCCCC. The zero-order valence-corrected chi connectivity index (χ0v) is 25.1. The average molecular weight is 529 g/mol. The monoisotopic (exact) mass is 528 g/mol. The summed E-state index contributed by atoms with van der Waals surface area (Å²) in [5.74, 6) is 0. The molecule has 218 valence electrons. The van der Waals surface area contributed by atoms with Crippen LogP contribution in [0.3, 0.4) is 0 Å². The Kier molecular flexibility index (Phi) is 31.2. The van der Waals surface area contributed by atoms with E-state index in [0.29, 0.717) is 13.2 Å². The van der Waals surface area contributed by atoms with E-state index in [1.54, 1.807) is 0 Å². The van der Waals surface area contributed by atoms with Crippen LogP contribution in [0.25, 0.3) is 0 Å². The molecule has 0 saturated carbocycles. The van der Waals surface area contributed by atoms with Crippen LogP contribution in [0.5, 0.6) is 0 Å². The number of hydrogen-bond donors (Lipinski definition) is 0. The van der Waals surface area contributed by atoms with Crippen LogP contribution >= 0.6 is 0 Å². The average Bonchev–Trinajstić information content (AvgIpc) is 2.92. The van der Waals surface area contributed by atoms with Crippen LogP contribution in [-0.4, -0.2) is 19.4 Å². The summed E-state index contributed by atoms with van der Waals surface area (Å²) >= 11 is 0. The van der Waals surface area contributed by atoms with Gasteiger partial charge < -0.3 is 9.47 Å². The lowest BCUT2D eigenvalue weighted by atomic mass is 10.1. The molecule has 0 aliphatic carbocycles. The number of allylic oxidation sites excluding steroid dienone is 10. The van der Waals surface area contributed by atoms with Crippen LogP contribution in [0.1, 0.15) is 142 Å². The van der Waals surface area contributed by atoms with Gasteiger partial charge in [0, 0.05) is 0 Å². The quantitative estimate of drug-likeness (QED) is 0.0604. The summed E-state index contributed by atoms with van der Waals surface area (Å²) < 4.78 is 10.3. The summed E-state index contributed by atoms with van der Waals surface area (Å²) in [4.78, 5) is 11.6. The number of unbranched alkanes of at least 4 members (excludes halogenated alkanes) is 13. The van der Waals surface area contributed by atoms with Crippen LogP contribution in [-0.2, 0) is 9.47 Å². The lowest BCUT2D eigenvalue weighted by molar-refractivity contribution is 0.0530. The summed E-state index contributed by atoms with van der Waals surface area (Å²) in [7, 11) is 0. The van der Waals surface area contributed by atoms with Crippen LogP contribution in [0.2, 0.25) is 0 Å². The molecule has 0 unspecified atom stereocenters. The second-order valence-corrected chi connectivity index (χ2v) is 10.1. The van der Waals surface area contributed by atoms with Crippen LogP contribution in [0.15, 0.2) is 60.8 Å². The summed E-state index contributed by atoms with van der Waals surface area (Å²) in [5.41, 5.74) is 0. The third-order valence-corrected chi connectivity index (χ3v) is 6.32. The Morgan fingerprint density at radius 1 is 0.421 bits per heavy atom. The summed E-state index contributed by atoms with van der Waals surface area (Å²) in [5, 5.41) is 0. The van der Waals surface area contributed by atoms with Gasteiger partial charge in [0.1, 0.15) is 0 Å². The second kappa shape index (κ2) is 33.0. The zero-order chi connectivity index (χ0) is 27.6. The van der Waals surface area contributed by atoms with E-state index < -0.39 is 6.16 Å². The summed E-state index contributed by atoms with van der Waals surface area (Å²) in [6, 6.07) is 0. The van der Waals surface area contributed by atoms with Gasteiger partial charge >= 0.3 is 6.16 Å². The van der Waals surface area contributed by atoms with Crippen molar-refractivity contribution in [2.24, 2.45) is 0 Å². The van der Waals surface area contributed by atoms with Crippen molar-refractivity contribution in [1.82, 2.24) is 0 Å². The van der Waals surface area contributed by atoms with Gasteiger partial charge in [-0.25, -0.2) is 4.79 Å². The van der Waals surface area contributed by atoms with Crippen molar-refractivity contribution < 1.29 is 14.3 Å². The summed E-state index contributed by atoms with van der Waals surface area (Å²) in [6.45, 7) is 5.40. The normalized spacial score (nSPS) is 12.3. The van der Waals surface area contributed by atoms with E-state index in [4.69, 9.17) is 9.47 Å². The van der Waals surface area contributed by atoms with E-state index in [-0.39, 0.29) is 0 Å². The molecule has 0 N–H and O–H groups in total. The number of carbonyl (C=O) groups is 1. The lowest BCUT2D eigenvalue weighted by Crippen LogP contribution is -2.09. The van der Waals surface area contributed by atoms with Crippen LogP contribution in [0.4, 0.5) is 4.79 Å². The highest BCUT2D eigenvalue weighted by atomic mass is 16.7. The predicted octanol–water partition coefficient (Wildman–Crippen LogP) is 11.8. The van der Waals surface area contributed by atoms with Crippen molar-refractivity contribution in [3.63, 3.8) is 0 Å². The summed E-state index contributed by atoms with van der Waals surface area (Å²) in [6.07, 6.45) is 45.3. The van der Waals surface area contributed by atoms with E-state index in [1.165, 1.54) is 77.0 Å². The highest BCUT2D eigenvalue weighted by Crippen LogP contribution is 2.09. The first kappa shape index (κ1) is 36.0. The largest absolute Gasteiger partial charge is 0.508 e. The van der Waals surface area contributed by atoms with Crippen molar-refractivity contribution in [1.29, 1.82) is 0 Å². The minimum Gasteiger partial charge on any atom is -0.434 e. The molecule has 0 saturated heterocycles. The first-order chi connectivity index (χ1) is 18.8. The maximum absolute atomic E-state index is 11.6. The van der Waals surface area contributed by atoms with Gasteiger partial charge in [-0.05, 0) is 77.0 Å². The molecular formula is C35H60O3. The Labute approximate surface area is 236 Å². The third-order valence-electron chi connectivity index (χ3n) is 6.32. The number of carbonyl (C=O) groups excluding carboxylic acids is 1. The molecular weight excluding hydrogens is 468 g/mol. The molecule has 0 amide bonds. The van der Waals surface area contributed by atoms with Gasteiger partial charge in [0.2, 0.25) is 0 Å². The van der Waals surface area contributed by atoms with Gasteiger partial charge in [-0.3, -0.25) is 0 Å². The maximum Gasteiger partial charge on any atom is 0.508 e. The minimum absolute atomic E-state index is 0.444. The first-order valence-corrected chi connectivity index (χ1v) is 15.9. The molecule has 0 rings (SSSR count). The van der Waals surface area contributed by atoms with Crippen molar-refractivity contribution in [3.8, 4) is 0 Å². The van der Waals surface area contributed by atoms with Crippen molar-refractivity contribution in [2.75, 3.05) is 13.2 Å². The standard InChI is InChI=1S/C35H60O3/c1-3-5-7-9-11-13-15-17-18-19-20-21-22-24-26-28-30-32-34-38-35(36)37-33-31-29-27-25-23-16-14-12-10-8-6-4-2/h10-13,17-18,20-21,24,26H,3-9,14-16,19,22-23,25,27-34H2,1-2H3/b12-10-,13-11-,18-17-,21-20-,26-24-. The van der Waals surface area contributed by atoms with E-state index in [2.05, 4.69) is 74.6 Å². The molecule has 38 heavy (non-hydrogen) atoms. The third kappa shape index (κ3) is 32.0. The van der Waals surface area contributed by atoms with Gasteiger partial charge in [0.15, 0.2) is 0 Å². The highest BCUT2D eigenvalue weighted by molar-refractivity contribution is 5.59. The molecule has 0 aromatic carbocycles. The van der Waals surface area contributed by atoms with E-state index in [1.807, 2.05) is 0 Å².